The van der Waals surface area contributed by atoms with Crippen LogP contribution in [0.25, 0.3) is 0 Å². The van der Waals surface area contributed by atoms with Crippen LogP contribution in [-0.2, 0) is 11.8 Å². The molecule has 2 aromatic rings. The molecule has 2 aromatic carbocycles. The van der Waals surface area contributed by atoms with E-state index in [1.807, 2.05) is 51.1 Å². The maximum absolute atomic E-state index is 13.9. The lowest BCUT2D eigenvalue weighted by Gasteiger charge is -2.19. The van der Waals surface area contributed by atoms with Crippen LogP contribution in [-0.4, -0.2) is 5.78 Å². The van der Waals surface area contributed by atoms with Gasteiger partial charge < -0.3 is 0 Å². The van der Waals surface area contributed by atoms with Gasteiger partial charge in [-0.25, -0.2) is 4.39 Å². The Balaban J connectivity index is 2.30. The normalized spacial score (nSPS) is 11.4. The summed E-state index contributed by atoms with van der Waals surface area (Å²) in [6.45, 7) is 6.14. The molecule has 0 aromatic heterocycles. The second-order valence-corrected chi connectivity index (χ2v) is 6.03. The average Bonchev–Trinajstić information content (AvgIpc) is 2.39. The topological polar surface area (TPSA) is 17.1 Å². The first kappa shape index (κ1) is 14.4. The van der Waals surface area contributed by atoms with E-state index < -0.39 is 5.82 Å². The Morgan fingerprint density at radius 3 is 2.30 bits per heavy atom. The van der Waals surface area contributed by atoms with Gasteiger partial charge >= 0.3 is 0 Å². The summed E-state index contributed by atoms with van der Waals surface area (Å²) in [6, 6.07) is 14.2. The lowest BCUT2D eigenvalue weighted by molar-refractivity contribution is 0.0989. The van der Waals surface area contributed by atoms with Crippen molar-refractivity contribution in [3.8, 4) is 0 Å². The number of carbonyl (C=O) groups is 1. The molecule has 0 aliphatic heterocycles. The van der Waals surface area contributed by atoms with E-state index in [2.05, 4.69) is 0 Å². The molecule has 0 aliphatic rings. The highest BCUT2D eigenvalue weighted by molar-refractivity contribution is 5.98. The molecule has 0 saturated carbocycles. The molecule has 0 heterocycles. The first-order chi connectivity index (χ1) is 9.38. The molecule has 0 atom stereocenters. The van der Waals surface area contributed by atoms with Gasteiger partial charge in [-0.15, -0.1) is 0 Å². The summed E-state index contributed by atoms with van der Waals surface area (Å²) < 4.78 is 13.9. The molecule has 2 rings (SSSR count). The van der Waals surface area contributed by atoms with E-state index in [0.29, 0.717) is 0 Å². The smallest absolute Gasteiger partial charge is 0.170 e. The van der Waals surface area contributed by atoms with Crippen molar-refractivity contribution in [2.45, 2.75) is 32.6 Å². The molecule has 0 saturated heterocycles. The Labute approximate surface area is 119 Å². The molecule has 0 spiro atoms. The van der Waals surface area contributed by atoms with Crippen LogP contribution in [0.5, 0.6) is 0 Å². The molecule has 0 N–H and O–H groups in total. The summed E-state index contributed by atoms with van der Waals surface area (Å²) in [5.74, 6) is -0.626. The minimum absolute atomic E-state index is 0.102. The van der Waals surface area contributed by atoms with Gasteiger partial charge in [0, 0.05) is 6.42 Å². The maximum Gasteiger partial charge on any atom is 0.170 e. The molecule has 0 fully saturated rings. The predicted molar refractivity (Wildman–Crippen MR) is 79.6 cm³/mol. The number of carbonyl (C=O) groups excluding carboxylic acids is 1. The van der Waals surface area contributed by atoms with E-state index in [0.717, 1.165) is 11.1 Å². The standard InChI is InChI=1S/C18H19FO/c1-18(2,3)14-9-10-16(19)15(12-14)17(20)11-13-7-5-4-6-8-13/h4-10,12H,11H2,1-3H3. The van der Waals surface area contributed by atoms with E-state index in [1.165, 1.54) is 6.07 Å². The van der Waals surface area contributed by atoms with Crippen molar-refractivity contribution in [2.24, 2.45) is 0 Å². The van der Waals surface area contributed by atoms with Crippen LogP contribution in [0.4, 0.5) is 4.39 Å². The molecule has 0 radical (unpaired) electrons. The van der Waals surface area contributed by atoms with E-state index in [4.69, 9.17) is 0 Å². The number of rotatable bonds is 3. The Morgan fingerprint density at radius 2 is 1.70 bits per heavy atom. The lowest BCUT2D eigenvalue weighted by atomic mass is 9.85. The van der Waals surface area contributed by atoms with Crippen LogP contribution in [0.3, 0.4) is 0 Å². The van der Waals surface area contributed by atoms with Gasteiger partial charge in [-0.05, 0) is 28.7 Å². The molecule has 104 valence electrons. The van der Waals surface area contributed by atoms with Crippen molar-refractivity contribution in [1.29, 1.82) is 0 Å². The Bertz CT molecular complexity index is 609. The Kier molecular flexibility index (Phi) is 4.03. The number of hydrogen-bond donors (Lipinski definition) is 0. The average molecular weight is 270 g/mol. The van der Waals surface area contributed by atoms with Gasteiger partial charge in [0.05, 0.1) is 5.56 Å². The van der Waals surface area contributed by atoms with Crippen LogP contribution in [0.1, 0.15) is 42.3 Å². The lowest BCUT2D eigenvalue weighted by Crippen LogP contribution is -2.14. The minimum Gasteiger partial charge on any atom is -0.294 e. The van der Waals surface area contributed by atoms with Crippen molar-refractivity contribution < 1.29 is 9.18 Å². The summed E-state index contributed by atoms with van der Waals surface area (Å²) in [4.78, 5) is 12.3. The van der Waals surface area contributed by atoms with Crippen LogP contribution < -0.4 is 0 Å². The molecular weight excluding hydrogens is 251 g/mol. The van der Waals surface area contributed by atoms with E-state index in [9.17, 15) is 9.18 Å². The number of Topliss-reactive ketones (excluding diaryl/α,β-unsaturated/α-hetero) is 1. The largest absolute Gasteiger partial charge is 0.294 e. The zero-order valence-electron chi connectivity index (χ0n) is 12.1. The highest BCUT2D eigenvalue weighted by Crippen LogP contribution is 2.24. The van der Waals surface area contributed by atoms with Gasteiger partial charge in [0.1, 0.15) is 5.82 Å². The molecular formula is C18H19FO. The summed E-state index contributed by atoms with van der Waals surface area (Å²) >= 11 is 0. The quantitative estimate of drug-likeness (QED) is 0.748. The van der Waals surface area contributed by atoms with Gasteiger partial charge in [-0.3, -0.25) is 4.79 Å². The fraction of sp³-hybridized carbons (Fsp3) is 0.278. The van der Waals surface area contributed by atoms with E-state index in [1.54, 1.807) is 12.1 Å². The Morgan fingerprint density at radius 1 is 1.05 bits per heavy atom. The van der Waals surface area contributed by atoms with Gasteiger partial charge in [-0.2, -0.15) is 0 Å². The zero-order valence-corrected chi connectivity index (χ0v) is 12.1. The maximum atomic E-state index is 13.9. The molecule has 20 heavy (non-hydrogen) atoms. The second kappa shape index (κ2) is 5.58. The summed E-state index contributed by atoms with van der Waals surface area (Å²) in [6.07, 6.45) is 0.228. The van der Waals surface area contributed by atoms with Crippen LogP contribution >= 0.6 is 0 Å². The second-order valence-electron chi connectivity index (χ2n) is 6.03. The molecule has 1 nitrogen and oxygen atoms in total. The number of ketones is 1. The molecule has 0 amide bonds. The highest BCUT2D eigenvalue weighted by Gasteiger charge is 2.18. The number of hydrogen-bond acceptors (Lipinski definition) is 1. The SMILES string of the molecule is CC(C)(C)c1ccc(F)c(C(=O)Cc2ccccc2)c1. The van der Waals surface area contributed by atoms with Crippen molar-refractivity contribution in [3.05, 3.63) is 71.0 Å². The van der Waals surface area contributed by atoms with Crippen molar-refractivity contribution in [2.75, 3.05) is 0 Å². The highest BCUT2D eigenvalue weighted by atomic mass is 19.1. The third kappa shape index (κ3) is 3.32. The van der Waals surface area contributed by atoms with E-state index >= 15 is 0 Å². The van der Waals surface area contributed by atoms with Gasteiger partial charge in [0.25, 0.3) is 0 Å². The predicted octanol–water partition coefficient (Wildman–Crippen LogP) is 4.55. The molecule has 2 heteroatoms. The van der Waals surface area contributed by atoms with Crippen molar-refractivity contribution >= 4 is 5.78 Å². The van der Waals surface area contributed by atoms with Crippen molar-refractivity contribution in [3.63, 3.8) is 0 Å². The fourth-order valence-electron chi connectivity index (χ4n) is 2.08. The third-order valence-electron chi connectivity index (χ3n) is 3.34. The van der Waals surface area contributed by atoms with Crippen molar-refractivity contribution in [1.82, 2.24) is 0 Å². The first-order valence-corrected chi connectivity index (χ1v) is 6.75. The van der Waals surface area contributed by atoms with Gasteiger partial charge in [-0.1, -0.05) is 57.2 Å². The van der Waals surface area contributed by atoms with Crippen LogP contribution in [0, 0.1) is 5.82 Å². The molecule has 0 unspecified atom stereocenters. The number of benzene rings is 2. The Hall–Kier alpha value is -1.96. The summed E-state index contributed by atoms with van der Waals surface area (Å²) in [5.41, 5.74) is 1.95. The summed E-state index contributed by atoms with van der Waals surface area (Å²) in [5, 5.41) is 0. The monoisotopic (exact) mass is 270 g/mol. The zero-order chi connectivity index (χ0) is 14.8. The van der Waals surface area contributed by atoms with Crippen LogP contribution in [0.15, 0.2) is 48.5 Å². The van der Waals surface area contributed by atoms with Crippen LogP contribution in [0.2, 0.25) is 0 Å². The first-order valence-electron chi connectivity index (χ1n) is 6.75. The molecule has 0 bridgehead atoms. The van der Waals surface area contributed by atoms with E-state index in [-0.39, 0.29) is 23.2 Å². The third-order valence-corrected chi connectivity index (χ3v) is 3.34. The van der Waals surface area contributed by atoms with Gasteiger partial charge in [0.2, 0.25) is 0 Å². The fourth-order valence-corrected chi connectivity index (χ4v) is 2.08. The molecule has 0 aliphatic carbocycles. The number of halogens is 1. The minimum atomic E-state index is -0.445. The van der Waals surface area contributed by atoms with Gasteiger partial charge in [0.15, 0.2) is 5.78 Å². The summed E-state index contributed by atoms with van der Waals surface area (Å²) in [7, 11) is 0.